The predicted molar refractivity (Wildman–Crippen MR) is 75.4 cm³/mol. The lowest BCUT2D eigenvalue weighted by Gasteiger charge is -2.23. The van der Waals surface area contributed by atoms with Gasteiger partial charge in [-0.25, -0.2) is 0 Å². The maximum absolute atomic E-state index is 10.7. The van der Waals surface area contributed by atoms with Gasteiger partial charge < -0.3 is 9.52 Å². The van der Waals surface area contributed by atoms with Crippen molar-refractivity contribution in [1.82, 2.24) is 15.1 Å². The lowest BCUT2D eigenvalue weighted by atomic mass is 10.3. The van der Waals surface area contributed by atoms with Gasteiger partial charge in [0, 0.05) is 12.6 Å². The Hall–Kier alpha value is -1.73. The number of carboxylic acid groups (broad SMARTS) is 1. The fraction of sp³-hybridized carbons (Fsp3) is 0.462. The van der Waals surface area contributed by atoms with Gasteiger partial charge in [-0.05, 0) is 25.3 Å². The first-order valence-electron chi connectivity index (χ1n) is 6.38. The third-order valence-electron chi connectivity index (χ3n) is 2.88. The fourth-order valence-corrected chi connectivity index (χ4v) is 2.39. The van der Waals surface area contributed by atoms with Crippen LogP contribution < -0.4 is 0 Å². The standard InChI is InChI=1S/C13H17N3O3S/c1-9(2)16(6-5-12(17)18)8-11-14-15-13(19-11)10-4-3-7-20-10/h3-4,7,9H,5-6,8H2,1-2H3,(H,17,18). The minimum absolute atomic E-state index is 0.101. The number of hydrogen-bond donors (Lipinski definition) is 1. The van der Waals surface area contributed by atoms with Crippen molar-refractivity contribution in [2.24, 2.45) is 0 Å². The summed E-state index contributed by atoms with van der Waals surface area (Å²) in [5.74, 6) is 0.213. The molecule has 0 aliphatic rings. The van der Waals surface area contributed by atoms with Gasteiger partial charge >= 0.3 is 5.97 Å². The molecule has 0 aromatic carbocycles. The van der Waals surface area contributed by atoms with E-state index in [0.29, 0.717) is 24.9 Å². The topological polar surface area (TPSA) is 79.5 Å². The van der Waals surface area contributed by atoms with E-state index in [-0.39, 0.29) is 12.5 Å². The van der Waals surface area contributed by atoms with Crippen molar-refractivity contribution < 1.29 is 14.3 Å². The molecule has 2 rings (SSSR count). The van der Waals surface area contributed by atoms with Crippen LogP contribution in [0.25, 0.3) is 10.8 Å². The number of thiophene rings is 1. The molecule has 1 N–H and O–H groups in total. The second-order valence-electron chi connectivity index (χ2n) is 4.69. The minimum Gasteiger partial charge on any atom is -0.481 e. The smallest absolute Gasteiger partial charge is 0.304 e. The molecule has 7 heteroatoms. The van der Waals surface area contributed by atoms with Crippen molar-refractivity contribution in [3.8, 4) is 10.8 Å². The van der Waals surface area contributed by atoms with Crippen molar-refractivity contribution in [2.45, 2.75) is 32.9 Å². The van der Waals surface area contributed by atoms with Gasteiger partial charge in [0.25, 0.3) is 5.89 Å². The highest BCUT2D eigenvalue weighted by Crippen LogP contribution is 2.23. The molecule has 0 spiro atoms. The van der Waals surface area contributed by atoms with E-state index >= 15 is 0 Å². The normalized spacial score (nSPS) is 11.4. The largest absolute Gasteiger partial charge is 0.481 e. The monoisotopic (exact) mass is 295 g/mol. The summed E-state index contributed by atoms with van der Waals surface area (Å²) in [4.78, 5) is 13.6. The van der Waals surface area contributed by atoms with Crippen LogP contribution >= 0.6 is 11.3 Å². The van der Waals surface area contributed by atoms with Crippen LogP contribution in [0.4, 0.5) is 0 Å². The lowest BCUT2D eigenvalue weighted by Crippen LogP contribution is -2.32. The van der Waals surface area contributed by atoms with Gasteiger partial charge in [-0.15, -0.1) is 21.5 Å². The van der Waals surface area contributed by atoms with Crippen LogP contribution in [0.1, 0.15) is 26.2 Å². The first kappa shape index (κ1) is 14.7. The third-order valence-corrected chi connectivity index (χ3v) is 3.74. The summed E-state index contributed by atoms with van der Waals surface area (Å²) in [5, 5.41) is 18.8. The second kappa shape index (κ2) is 6.62. The van der Waals surface area contributed by atoms with Crippen LogP contribution in [0.3, 0.4) is 0 Å². The summed E-state index contributed by atoms with van der Waals surface area (Å²) in [6.07, 6.45) is 0.101. The molecule has 0 bridgehead atoms. The van der Waals surface area contributed by atoms with Crippen LogP contribution in [-0.2, 0) is 11.3 Å². The maximum Gasteiger partial charge on any atom is 0.304 e. The number of rotatable bonds is 7. The number of hydrogen-bond acceptors (Lipinski definition) is 6. The Morgan fingerprint density at radius 1 is 1.50 bits per heavy atom. The summed E-state index contributed by atoms with van der Waals surface area (Å²) in [6, 6.07) is 4.07. The fourth-order valence-electron chi connectivity index (χ4n) is 1.75. The molecule has 6 nitrogen and oxygen atoms in total. The zero-order chi connectivity index (χ0) is 14.5. The molecule has 0 saturated heterocycles. The van der Waals surface area contributed by atoms with Crippen LogP contribution in [0, 0.1) is 0 Å². The molecule has 0 radical (unpaired) electrons. The van der Waals surface area contributed by atoms with E-state index < -0.39 is 5.97 Å². The van der Waals surface area contributed by atoms with E-state index in [1.54, 1.807) is 11.3 Å². The highest BCUT2D eigenvalue weighted by atomic mass is 32.1. The van der Waals surface area contributed by atoms with E-state index in [1.165, 1.54) is 0 Å². The van der Waals surface area contributed by atoms with Gasteiger partial charge in [0.2, 0.25) is 5.89 Å². The van der Waals surface area contributed by atoms with Crippen LogP contribution in [-0.4, -0.2) is 38.8 Å². The number of carbonyl (C=O) groups is 1. The molecule has 20 heavy (non-hydrogen) atoms. The van der Waals surface area contributed by atoms with Crippen molar-refractivity contribution in [3.63, 3.8) is 0 Å². The van der Waals surface area contributed by atoms with Gasteiger partial charge in [0.15, 0.2) is 0 Å². The Kier molecular flexibility index (Phi) is 4.86. The molecular weight excluding hydrogens is 278 g/mol. The van der Waals surface area contributed by atoms with Gasteiger partial charge in [0.1, 0.15) is 0 Å². The van der Waals surface area contributed by atoms with E-state index in [4.69, 9.17) is 9.52 Å². The first-order valence-corrected chi connectivity index (χ1v) is 7.26. The van der Waals surface area contributed by atoms with Crippen molar-refractivity contribution in [2.75, 3.05) is 6.54 Å². The molecule has 0 unspecified atom stereocenters. The predicted octanol–water partition coefficient (Wildman–Crippen LogP) is 2.48. The van der Waals surface area contributed by atoms with E-state index in [9.17, 15) is 4.79 Å². The summed E-state index contributed by atoms with van der Waals surface area (Å²) in [6.45, 7) is 4.95. The highest BCUT2D eigenvalue weighted by Gasteiger charge is 2.16. The van der Waals surface area contributed by atoms with E-state index in [2.05, 4.69) is 10.2 Å². The number of aromatic nitrogens is 2. The average molecular weight is 295 g/mol. The molecule has 2 heterocycles. The quantitative estimate of drug-likeness (QED) is 0.845. The lowest BCUT2D eigenvalue weighted by molar-refractivity contribution is -0.137. The molecular formula is C13H17N3O3S. The average Bonchev–Trinajstić information content (AvgIpc) is 3.04. The molecule has 2 aromatic heterocycles. The molecule has 108 valence electrons. The van der Waals surface area contributed by atoms with Crippen LogP contribution in [0.2, 0.25) is 0 Å². The van der Waals surface area contributed by atoms with Crippen molar-refractivity contribution in [3.05, 3.63) is 23.4 Å². The molecule has 0 aliphatic carbocycles. The summed E-state index contributed by atoms with van der Waals surface area (Å²) in [5.41, 5.74) is 0. The zero-order valence-corrected chi connectivity index (χ0v) is 12.3. The molecule has 2 aromatic rings. The summed E-state index contributed by atoms with van der Waals surface area (Å²) < 4.78 is 5.61. The van der Waals surface area contributed by atoms with Gasteiger partial charge in [-0.2, -0.15) is 0 Å². The SMILES string of the molecule is CC(C)N(CCC(=O)O)Cc1nnc(-c2cccs2)o1. The summed E-state index contributed by atoms with van der Waals surface area (Å²) >= 11 is 1.54. The first-order chi connectivity index (χ1) is 9.56. The van der Waals surface area contributed by atoms with Crippen LogP contribution in [0.5, 0.6) is 0 Å². The van der Waals surface area contributed by atoms with Crippen molar-refractivity contribution >= 4 is 17.3 Å². The van der Waals surface area contributed by atoms with Gasteiger partial charge in [0.05, 0.1) is 17.8 Å². The Balaban J connectivity index is 2.01. The van der Waals surface area contributed by atoms with Gasteiger partial charge in [-0.1, -0.05) is 6.07 Å². The van der Waals surface area contributed by atoms with Crippen LogP contribution in [0.15, 0.2) is 21.9 Å². The Morgan fingerprint density at radius 2 is 2.30 bits per heavy atom. The molecule has 0 saturated carbocycles. The minimum atomic E-state index is -0.805. The Morgan fingerprint density at radius 3 is 2.90 bits per heavy atom. The summed E-state index contributed by atoms with van der Waals surface area (Å²) in [7, 11) is 0. The van der Waals surface area contributed by atoms with E-state index in [0.717, 1.165) is 4.88 Å². The Bertz CT molecular complexity index is 551. The second-order valence-corrected chi connectivity index (χ2v) is 5.63. The van der Waals surface area contributed by atoms with Gasteiger partial charge in [-0.3, -0.25) is 9.69 Å². The third kappa shape index (κ3) is 3.88. The molecule has 0 atom stereocenters. The zero-order valence-electron chi connectivity index (χ0n) is 11.4. The maximum atomic E-state index is 10.7. The number of carboxylic acids is 1. The molecule has 0 amide bonds. The van der Waals surface area contributed by atoms with Crippen molar-refractivity contribution in [1.29, 1.82) is 0 Å². The number of nitrogens with zero attached hydrogens (tertiary/aromatic N) is 3. The number of aliphatic carboxylic acids is 1. The molecule has 0 aliphatic heterocycles. The highest BCUT2D eigenvalue weighted by molar-refractivity contribution is 7.13. The molecule has 0 fully saturated rings. The van der Waals surface area contributed by atoms with E-state index in [1.807, 2.05) is 36.3 Å². The Labute approximate surface area is 121 Å².